The Balaban J connectivity index is 2.47. The van der Waals surface area contributed by atoms with Crippen LogP contribution >= 0.6 is 0 Å². The molecule has 6 nitrogen and oxygen atoms in total. The van der Waals surface area contributed by atoms with Gasteiger partial charge in [0.15, 0.2) is 17.5 Å². The molecule has 92 valence electrons. The Hall–Kier alpha value is -2.57. The van der Waals surface area contributed by atoms with Crippen LogP contribution in [0.2, 0.25) is 0 Å². The van der Waals surface area contributed by atoms with Gasteiger partial charge in [-0.25, -0.2) is 19.3 Å². The number of hydrogen-bond donors (Lipinski definition) is 3. The first-order valence-electron chi connectivity index (χ1n) is 5.08. The fourth-order valence-corrected chi connectivity index (χ4v) is 1.40. The smallest absolute Gasteiger partial charge is 0.183 e. The maximum Gasteiger partial charge on any atom is 0.183 e. The number of nitrogen functional groups attached to an aromatic ring is 2. The van der Waals surface area contributed by atoms with Gasteiger partial charge < -0.3 is 11.5 Å². The maximum atomic E-state index is 13.0. The number of nitrogens with zero attached hydrogens (tertiary/aromatic N) is 3. The van der Waals surface area contributed by atoms with E-state index < -0.39 is 5.82 Å². The first kappa shape index (κ1) is 11.9. The Morgan fingerprint density at radius 3 is 2.61 bits per heavy atom. The summed E-state index contributed by atoms with van der Waals surface area (Å²) in [4.78, 5) is 11.4. The molecule has 2 rings (SSSR count). The zero-order valence-corrected chi connectivity index (χ0v) is 9.61. The Bertz CT molecular complexity index is 625. The Kier molecular flexibility index (Phi) is 2.88. The van der Waals surface area contributed by atoms with Gasteiger partial charge in [0.2, 0.25) is 0 Å². The van der Waals surface area contributed by atoms with Gasteiger partial charge in [-0.1, -0.05) is 0 Å². The second-order valence-corrected chi connectivity index (χ2v) is 3.75. The number of aromatic nitrogens is 3. The molecule has 0 spiro atoms. The van der Waals surface area contributed by atoms with Crippen molar-refractivity contribution >= 4 is 17.3 Å². The predicted octanol–water partition coefficient (Wildman–Crippen LogP) is 0.900. The zero-order valence-electron chi connectivity index (χ0n) is 9.61. The number of nitrogens with one attached hydrogen (secondary N) is 1. The third-order valence-corrected chi connectivity index (χ3v) is 2.32. The zero-order chi connectivity index (χ0) is 13.3. The molecule has 0 bridgehead atoms. The molecular formula is C11H11FN6. The van der Waals surface area contributed by atoms with Crippen molar-refractivity contribution in [3.63, 3.8) is 0 Å². The van der Waals surface area contributed by atoms with Crippen LogP contribution in [0.3, 0.4) is 0 Å². The Morgan fingerprint density at radius 2 is 1.94 bits per heavy atom. The number of halogens is 1. The number of aryl methyl sites for hydroxylation is 1. The van der Waals surface area contributed by atoms with Crippen molar-refractivity contribution in [1.82, 2.24) is 15.0 Å². The normalized spacial score (nSPS) is 10.3. The fourth-order valence-electron chi connectivity index (χ4n) is 1.40. The van der Waals surface area contributed by atoms with E-state index in [1.807, 2.05) is 6.92 Å². The van der Waals surface area contributed by atoms with Crippen LogP contribution in [0.25, 0.3) is 0 Å². The molecule has 2 heterocycles. The average molecular weight is 246 g/mol. The number of pyridine rings is 1. The van der Waals surface area contributed by atoms with Gasteiger partial charge in [0, 0.05) is 11.8 Å². The quantitative estimate of drug-likeness (QED) is 0.681. The summed E-state index contributed by atoms with van der Waals surface area (Å²) in [5.41, 5.74) is 12.2. The minimum absolute atomic E-state index is 0.00741. The maximum absolute atomic E-state index is 13.0. The molecule has 0 atom stereocenters. The van der Waals surface area contributed by atoms with Gasteiger partial charge in [-0.15, -0.1) is 0 Å². The second-order valence-electron chi connectivity index (χ2n) is 3.75. The van der Waals surface area contributed by atoms with Crippen LogP contribution in [0.4, 0.5) is 16.0 Å². The lowest BCUT2D eigenvalue weighted by molar-refractivity contribution is 0.619. The first-order valence-corrected chi connectivity index (χ1v) is 5.08. The van der Waals surface area contributed by atoms with Crippen LogP contribution in [0.15, 0.2) is 18.5 Å². The van der Waals surface area contributed by atoms with Crippen LogP contribution in [0.5, 0.6) is 0 Å². The van der Waals surface area contributed by atoms with Crippen molar-refractivity contribution in [2.45, 2.75) is 6.92 Å². The fraction of sp³-hybridized carbons (Fsp3) is 0.0909. The van der Waals surface area contributed by atoms with Crippen molar-refractivity contribution in [1.29, 1.82) is 5.41 Å². The summed E-state index contributed by atoms with van der Waals surface area (Å²) in [5, 5.41) is 7.95. The van der Waals surface area contributed by atoms with Crippen LogP contribution in [0.1, 0.15) is 17.0 Å². The summed E-state index contributed by atoms with van der Waals surface area (Å²) >= 11 is 0. The number of anilines is 2. The molecule has 0 saturated heterocycles. The summed E-state index contributed by atoms with van der Waals surface area (Å²) in [7, 11) is 0. The van der Waals surface area contributed by atoms with Crippen molar-refractivity contribution in [3.05, 3.63) is 41.2 Å². The highest BCUT2D eigenvalue weighted by Gasteiger charge is 2.14. The van der Waals surface area contributed by atoms with Gasteiger partial charge in [-0.2, -0.15) is 0 Å². The molecule has 0 unspecified atom stereocenters. The summed E-state index contributed by atoms with van der Waals surface area (Å²) in [5.74, 6) is -0.823. The van der Waals surface area contributed by atoms with E-state index in [-0.39, 0.29) is 23.2 Å². The van der Waals surface area contributed by atoms with Crippen molar-refractivity contribution in [3.8, 4) is 0 Å². The van der Waals surface area contributed by atoms with Crippen LogP contribution in [-0.2, 0) is 0 Å². The molecular weight excluding hydrogens is 235 g/mol. The summed E-state index contributed by atoms with van der Waals surface area (Å²) in [6.07, 6.45) is 2.51. The average Bonchev–Trinajstić information content (AvgIpc) is 2.35. The largest absolute Gasteiger partial charge is 0.383 e. The van der Waals surface area contributed by atoms with Gasteiger partial charge in [0.05, 0.1) is 6.20 Å². The van der Waals surface area contributed by atoms with Gasteiger partial charge in [0.25, 0.3) is 0 Å². The molecule has 0 aromatic carbocycles. The molecule has 0 amide bonds. The molecule has 0 aliphatic rings. The lowest BCUT2D eigenvalue weighted by atomic mass is 10.1. The van der Waals surface area contributed by atoms with Crippen molar-refractivity contribution in [2.24, 2.45) is 0 Å². The van der Waals surface area contributed by atoms with Crippen LogP contribution in [-0.4, -0.2) is 20.7 Å². The number of hydrogen-bond acceptors (Lipinski definition) is 6. The summed E-state index contributed by atoms with van der Waals surface area (Å²) < 4.78 is 13.0. The minimum Gasteiger partial charge on any atom is -0.383 e. The highest BCUT2D eigenvalue weighted by atomic mass is 19.1. The highest BCUT2D eigenvalue weighted by Crippen LogP contribution is 2.15. The van der Waals surface area contributed by atoms with Crippen molar-refractivity contribution < 1.29 is 4.39 Å². The molecule has 2 aromatic heterocycles. The minimum atomic E-state index is -0.720. The van der Waals surface area contributed by atoms with Crippen LogP contribution in [0, 0.1) is 18.2 Å². The van der Waals surface area contributed by atoms with E-state index in [0.29, 0.717) is 5.56 Å². The second kappa shape index (κ2) is 4.36. The molecule has 2 aromatic rings. The van der Waals surface area contributed by atoms with E-state index in [4.69, 9.17) is 16.9 Å². The molecule has 7 heteroatoms. The molecule has 0 aliphatic carbocycles. The molecule has 18 heavy (non-hydrogen) atoms. The summed E-state index contributed by atoms with van der Waals surface area (Å²) in [6.45, 7) is 1.82. The standard InChI is InChI=1S/C11H11FN6/c1-5-2-6(9(14)16-3-5)8(13)11-17-4-7(12)10(15)18-11/h2-4,13H,1H3,(H2,14,16)(H2,15,17,18). The number of rotatable bonds is 2. The van der Waals surface area contributed by atoms with E-state index in [2.05, 4.69) is 15.0 Å². The van der Waals surface area contributed by atoms with Crippen molar-refractivity contribution in [2.75, 3.05) is 11.5 Å². The van der Waals surface area contributed by atoms with E-state index in [0.717, 1.165) is 11.8 Å². The molecule has 0 aliphatic heterocycles. The predicted molar refractivity (Wildman–Crippen MR) is 65.7 cm³/mol. The topological polar surface area (TPSA) is 115 Å². The van der Waals surface area contributed by atoms with E-state index in [1.165, 1.54) is 0 Å². The highest BCUT2D eigenvalue weighted by molar-refractivity contribution is 6.11. The molecule has 5 N–H and O–H groups in total. The third kappa shape index (κ3) is 2.10. The van der Waals surface area contributed by atoms with Gasteiger partial charge >= 0.3 is 0 Å². The molecule has 0 radical (unpaired) electrons. The first-order chi connectivity index (χ1) is 8.49. The van der Waals surface area contributed by atoms with E-state index in [9.17, 15) is 4.39 Å². The van der Waals surface area contributed by atoms with Crippen LogP contribution < -0.4 is 11.5 Å². The molecule has 0 saturated carbocycles. The van der Waals surface area contributed by atoms with E-state index >= 15 is 0 Å². The summed E-state index contributed by atoms with van der Waals surface area (Å²) in [6, 6.07) is 1.69. The van der Waals surface area contributed by atoms with Gasteiger partial charge in [-0.3, -0.25) is 5.41 Å². The SMILES string of the molecule is Cc1cnc(N)c(C(=N)c2ncc(F)c(N)n2)c1. The lowest BCUT2D eigenvalue weighted by Gasteiger charge is -2.07. The lowest BCUT2D eigenvalue weighted by Crippen LogP contribution is -2.13. The Morgan fingerprint density at radius 1 is 1.22 bits per heavy atom. The Labute approximate surface area is 102 Å². The third-order valence-electron chi connectivity index (χ3n) is 2.32. The van der Waals surface area contributed by atoms with Gasteiger partial charge in [-0.05, 0) is 18.6 Å². The van der Waals surface area contributed by atoms with Gasteiger partial charge in [0.1, 0.15) is 11.5 Å². The number of nitrogens with two attached hydrogens (primary N) is 2. The monoisotopic (exact) mass is 246 g/mol. The molecule has 0 fully saturated rings. The van der Waals surface area contributed by atoms with E-state index in [1.54, 1.807) is 12.3 Å².